The van der Waals surface area contributed by atoms with Crippen molar-refractivity contribution in [3.8, 4) is 10.4 Å². The van der Waals surface area contributed by atoms with E-state index < -0.39 is 0 Å². The summed E-state index contributed by atoms with van der Waals surface area (Å²) in [6.45, 7) is 0. The van der Waals surface area contributed by atoms with Gasteiger partial charge >= 0.3 is 0 Å². The van der Waals surface area contributed by atoms with Gasteiger partial charge in [-0.25, -0.2) is 0 Å². The number of aryl methyl sites for hydroxylation is 1. The van der Waals surface area contributed by atoms with Crippen molar-refractivity contribution in [2.24, 2.45) is 0 Å². The molecule has 2 rings (SSSR count). The molecule has 0 saturated carbocycles. The lowest BCUT2D eigenvalue weighted by atomic mass is 10.1. The molecule has 1 heterocycles. The molecule has 2 nitrogen and oxygen atoms in total. The number of benzene rings is 1. The number of hydrogen-bond donors (Lipinski definition) is 0. The minimum Gasteiger partial charge on any atom is -0.142 e. The normalized spacial score (nSPS) is 10.4. The van der Waals surface area contributed by atoms with Crippen LogP contribution in [-0.2, 0) is 6.42 Å². The van der Waals surface area contributed by atoms with E-state index in [1.165, 1.54) is 17.1 Å². The van der Waals surface area contributed by atoms with Crippen LogP contribution in [0, 0.1) is 0 Å². The minimum absolute atomic E-state index is 0.589. The molecule has 0 saturated heterocycles. The second-order valence-electron chi connectivity index (χ2n) is 2.85. The Labute approximate surface area is 91.7 Å². The number of hydrogen-bond acceptors (Lipinski definition) is 3. The molecule has 0 bridgehead atoms. The predicted molar refractivity (Wildman–Crippen MR) is 59.8 cm³/mol. The van der Waals surface area contributed by atoms with Crippen LogP contribution < -0.4 is 0 Å². The molecule has 14 heavy (non-hydrogen) atoms. The maximum Gasteiger partial charge on any atom is 0.0846 e. The average molecular weight is 225 g/mol. The molecule has 2 aromatic rings. The zero-order valence-electron chi connectivity index (χ0n) is 7.48. The Morgan fingerprint density at radius 2 is 2.00 bits per heavy atom. The maximum atomic E-state index is 5.69. The molecule has 0 aliphatic carbocycles. The summed E-state index contributed by atoms with van der Waals surface area (Å²) in [6.07, 6.45) is 0.780. The number of rotatable bonds is 3. The first-order valence-corrected chi connectivity index (χ1v) is 5.65. The zero-order valence-corrected chi connectivity index (χ0v) is 9.05. The van der Waals surface area contributed by atoms with Gasteiger partial charge in [0.25, 0.3) is 0 Å². The van der Waals surface area contributed by atoms with Crippen molar-refractivity contribution in [2.45, 2.75) is 6.42 Å². The van der Waals surface area contributed by atoms with E-state index in [0.717, 1.165) is 17.0 Å². The van der Waals surface area contributed by atoms with Crippen LogP contribution in [-0.4, -0.2) is 15.5 Å². The highest BCUT2D eigenvalue weighted by Crippen LogP contribution is 2.25. The Morgan fingerprint density at radius 3 is 2.71 bits per heavy atom. The second-order valence-corrected chi connectivity index (χ2v) is 3.99. The maximum absolute atomic E-state index is 5.69. The highest BCUT2D eigenvalue weighted by atomic mass is 35.5. The van der Waals surface area contributed by atoms with Gasteiger partial charge < -0.3 is 0 Å². The van der Waals surface area contributed by atoms with Crippen molar-refractivity contribution < 1.29 is 0 Å². The third-order valence-corrected chi connectivity index (χ3v) is 2.93. The fraction of sp³-hybridized carbons (Fsp3) is 0.200. The number of halogens is 1. The van der Waals surface area contributed by atoms with E-state index in [1.54, 1.807) is 0 Å². The van der Waals surface area contributed by atoms with E-state index in [-0.39, 0.29) is 0 Å². The van der Waals surface area contributed by atoms with Gasteiger partial charge in [0.1, 0.15) is 0 Å². The minimum atomic E-state index is 0.589. The molecule has 0 atom stereocenters. The zero-order chi connectivity index (χ0) is 9.80. The molecule has 0 aliphatic heterocycles. The highest BCUT2D eigenvalue weighted by Gasteiger charge is 2.08. The van der Waals surface area contributed by atoms with Gasteiger partial charge in [-0.2, -0.15) is 0 Å². The first kappa shape index (κ1) is 9.62. The molecule has 72 valence electrons. The third kappa shape index (κ3) is 1.94. The van der Waals surface area contributed by atoms with E-state index >= 15 is 0 Å². The van der Waals surface area contributed by atoms with Gasteiger partial charge in [0.15, 0.2) is 0 Å². The van der Waals surface area contributed by atoms with Crippen molar-refractivity contribution in [1.29, 1.82) is 0 Å². The van der Waals surface area contributed by atoms with E-state index in [9.17, 15) is 0 Å². The Hall–Kier alpha value is -0.930. The summed E-state index contributed by atoms with van der Waals surface area (Å²) in [5, 5.41) is 4.07. The van der Waals surface area contributed by atoms with Gasteiger partial charge in [0, 0.05) is 12.3 Å². The first-order valence-electron chi connectivity index (χ1n) is 4.34. The average Bonchev–Trinajstić information content (AvgIpc) is 2.68. The molecular formula is C10H9ClN2S. The summed E-state index contributed by atoms with van der Waals surface area (Å²) in [5.74, 6) is 0.589. The largest absolute Gasteiger partial charge is 0.142 e. The third-order valence-electron chi connectivity index (χ3n) is 1.92. The summed E-state index contributed by atoms with van der Waals surface area (Å²) in [6, 6.07) is 10.2. The van der Waals surface area contributed by atoms with Gasteiger partial charge in [-0.3, -0.25) is 0 Å². The molecule has 1 aromatic heterocycles. The van der Waals surface area contributed by atoms with Gasteiger partial charge in [-0.15, -0.1) is 16.7 Å². The second kappa shape index (κ2) is 4.53. The first-order chi connectivity index (χ1) is 6.92. The summed E-state index contributed by atoms with van der Waals surface area (Å²) in [5.41, 5.74) is 2.17. The summed E-state index contributed by atoms with van der Waals surface area (Å²) >= 11 is 7.11. The molecule has 0 unspecified atom stereocenters. The summed E-state index contributed by atoms with van der Waals surface area (Å²) in [7, 11) is 0. The van der Waals surface area contributed by atoms with Crippen molar-refractivity contribution in [1.82, 2.24) is 9.59 Å². The van der Waals surface area contributed by atoms with Crippen LogP contribution in [0.3, 0.4) is 0 Å². The molecular weight excluding hydrogens is 216 g/mol. The van der Waals surface area contributed by atoms with E-state index in [2.05, 4.69) is 21.7 Å². The monoisotopic (exact) mass is 224 g/mol. The number of nitrogens with zero attached hydrogens (tertiary/aromatic N) is 2. The van der Waals surface area contributed by atoms with E-state index in [1.807, 2.05) is 18.2 Å². The van der Waals surface area contributed by atoms with Crippen LogP contribution in [0.25, 0.3) is 10.4 Å². The Morgan fingerprint density at radius 1 is 1.21 bits per heavy atom. The molecule has 0 fully saturated rings. The van der Waals surface area contributed by atoms with Crippen LogP contribution in [0.15, 0.2) is 30.3 Å². The van der Waals surface area contributed by atoms with Crippen molar-refractivity contribution in [3.63, 3.8) is 0 Å². The Kier molecular flexibility index (Phi) is 3.11. The summed E-state index contributed by atoms with van der Waals surface area (Å²) < 4.78 is 3.95. The van der Waals surface area contributed by atoms with Crippen LogP contribution in [0.5, 0.6) is 0 Å². The lowest BCUT2D eigenvalue weighted by Gasteiger charge is -1.98. The van der Waals surface area contributed by atoms with Gasteiger partial charge in [-0.1, -0.05) is 34.8 Å². The van der Waals surface area contributed by atoms with Crippen LogP contribution in [0.1, 0.15) is 5.69 Å². The topological polar surface area (TPSA) is 25.8 Å². The number of alkyl halides is 1. The van der Waals surface area contributed by atoms with Gasteiger partial charge in [0.2, 0.25) is 0 Å². The molecule has 0 aliphatic rings. The summed E-state index contributed by atoms with van der Waals surface area (Å²) in [4.78, 5) is 1.13. The lowest BCUT2D eigenvalue weighted by Crippen LogP contribution is -1.89. The molecule has 0 N–H and O–H groups in total. The molecule has 4 heteroatoms. The standard InChI is InChI=1S/C10H9ClN2S/c11-7-6-9-10(14-13-12-9)8-4-2-1-3-5-8/h1-5H,6-7H2. The predicted octanol–water partition coefficient (Wildman–Crippen LogP) is 2.99. The van der Waals surface area contributed by atoms with Crippen molar-refractivity contribution in [3.05, 3.63) is 36.0 Å². The van der Waals surface area contributed by atoms with Gasteiger partial charge in [-0.05, 0) is 17.1 Å². The van der Waals surface area contributed by atoms with Gasteiger partial charge in [0.05, 0.1) is 10.6 Å². The SMILES string of the molecule is ClCCc1nnsc1-c1ccccc1. The van der Waals surface area contributed by atoms with Crippen LogP contribution in [0.4, 0.5) is 0 Å². The van der Waals surface area contributed by atoms with Crippen LogP contribution in [0.2, 0.25) is 0 Å². The fourth-order valence-electron chi connectivity index (χ4n) is 1.27. The van der Waals surface area contributed by atoms with Crippen LogP contribution >= 0.6 is 23.1 Å². The Balaban J connectivity index is 2.37. The quantitative estimate of drug-likeness (QED) is 0.750. The molecule has 0 spiro atoms. The molecule has 0 amide bonds. The van der Waals surface area contributed by atoms with Crippen molar-refractivity contribution in [2.75, 3.05) is 5.88 Å². The molecule has 0 radical (unpaired) electrons. The highest BCUT2D eigenvalue weighted by molar-refractivity contribution is 7.09. The lowest BCUT2D eigenvalue weighted by molar-refractivity contribution is 0.997. The fourth-order valence-corrected chi connectivity index (χ4v) is 2.16. The van der Waals surface area contributed by atoms with Crippen molar-refractivity contribution >= 4 is 23.1 Å². The van der Waals surface area contributed by atoms with E-state index in [0.29, 0.717) is 5.88 Å². The molecule has 1 aromatic carbocycles. The smallest absolute Gasteiger partial charge is 0.0846 e. The van der Waals surface area contributed by atoms with E-state index in [4.69, 9.17) is 11.6 Å². The number of aromatic nitrogens is 2. The Bertz CT molecular complexity index is 400.